The van der Waals surface area contributed by atoms with Gasteiger partial charge >= 0.3 is 0 Å². The highest BCUT2D eigenvalue weighted by Crippen LogP contribution is 2.16. The van der Waals surface area contributed by atoms with E-state index in [9.17, 15) is 9.18 Å². The highest BCUT2D eigenvalue weighted by atomic mass is 35.5. The second-order valence-corrected chi connectivity index (χ2v) is 5.32. The van der Waals surface area contributed by atoms with Gasteiger partial charge in [-0.05, 0) is 31.0 Å². The van der Waals surface area contributed by atoms with E-state index in [1.165, 1.54) is 12.1 Å². The molecule has 0 aliphatic rings. The lowest BCUT2D eigenvalue weighted by molar-refractivity contribution is -0.118. The van der Waals surface area contributed by atoms with Gasteiger partial charge in [-0.25, -0.2) is 9.07 Å². The van der Waals surface area contributed by atoms with Crippen LogP contribution in [0.15, 0.2) is 30.3 Å². The number of nitrogens with two attached hydrogens (primary N) is 1. The topological polar surface area (TPSA) is 72.9 Å². The highest BCUT2D eigenvalue weighted by Gasteiger charge is 2.18. The highest BCUT2D eigenvalue weighted by molar-refractivity contribution is 5.94. The molecule has 7 heteroatoms. The number of hydrogen-bond acceptors (Lipinski definition) is 3. The molecule has 0 unspecified atom stereocenters. The number of halogens is 2. The average molecular weight is 327 g/mol. The second-order valence-electron chi connectivity index (χ2n) is 5.32. The molecular weight excluding hydrogens is 307 g/mol. The predicted molar refractivity (Wildman–Crippen MR) is 87.0 cm³/mol. The van der Waals surface area contributed by atoms with E-state index in [0.717, 1.165) is 5.69 Å². The number of carbonyl (C=O) groups excluding carboxylic acids is 1. The summed E-state index contributed by atoms with van der Waals surface area (Å²) in [6.45, 7) is 5.58. The third-order valence-electron chi connectivity index (χ3n) is 3.21. The number of carbonyl (C=O) groups is 1. The standard InChI is InChI=1S/C15H19FN4O.ClH/c1-9(2)14(17)15(21)18-13-7-10(3)20(19-13)12-6-4-5-11(16)8-12;/h4-9,14H,17H2,1-3H3,(H,18,19,21);1H/t14-;/m0./s1. The maximum absolute atomic E-state index is 13.3. The van der Waals surface area contributed by atoms with Crippen LogP contribution in [0.4, 0.5) is 10.2 Å². The first-order valence-corrected chi connectivity index (χ1v) is 6.77. The van der Waals surface area contributed by atoms with Gasteiger partial charge in [-0.2, -0.15) is 0 Å². The number of aromatic nitrogens is 2. The summed E-state index contributed by atoms with van der Waals surface area (Å²) in [5.41, 5.74) is 7.17. The van der Waals surface area contributed by atoms with Crippen molar-refractivity contribution < 1.29 is 9.18 Å². The molecule has 1 atom stereocenters. The summed E-state index contributed by atoms with van der Waals surface area (Å²) >= 11 is 0. The number of rotatable bonds is 4. The first-order chi connectivity index (χ1) is 9.88. The van der Waals surface area contributed by atoms with Crippen LogP contribution in [0.3, 0.4) is 0 Å². The van der Waals surface area contributed by atoms with E-state index in [1.54, 1.807) is 22.9 Å². The summed E-state index contributed by atoms with van der Waals surface area (Å²) in [6, 6.07) is 7.23. The molecule has 1 amide bonds. The van der Waals surface area contributed by atoms with Crippen molar-refractivity contribution >= 4 is 24.1 Å². The molecule has 0 aliphatic carbocycles. The van der Waals surface area contributed by atoms with Gasteiger partial charge < -0.3 is 11.1 Å². The van der Waals surface area contributed by atoms with Crippen LogP contribution in [0.1, 0.15) is 19.5 Å². The van der Waals surface area contributed by atoms with Gasteiger partial charge in [0.1, 0.15) is 5.82 Å². The summed E-state index contributed by atoms with van der Waals surface area (Å²) in [5, 5.41) is 6.94. The monoisotopic (exact) mass is 326 g/mol. The zero-order chi connectivity index (χ0) is 15.6. The van der Waals surface area contributed by atoms with Crippen LogP contribution in [0.25, 0.3) is 5.69 Å². The number of benzene rings is 1. The van der Waals surface area contributed by atoms with Crippen LogP contribution in [-0.4, -0.2) is 21.7 Å². The fourth-order valence-electron chi connectivity index (χ4n) is 1.92. The van der Waals surface area contributed by atoms with Crippen LogP contribution >= 0.6 is 12.4 Å². The van der Waals surface area contributed by atoms with E-state index < -0.39 is 6.04 Å². The molecule has 5 nitrogen and oxygen atoms in total. The second kappa shape index (κ2) is 7.38. The Morgan fingerprint density at radius 1 is 1.36 bits per heavy atom. The van der Waals surface area contributed by atoms with Crippen molar-refractivity contribution in [1.82, 2.24) is 9.78 Å². The van der Waals surface area contributed by atoms with E-state index in [4.69, 9.17) is 5.73 Å². The first kappa shape index (κ1) is 18.1. The number of nitrogens with zero attached hydrogens (tertiary/aromatic N) is 2. The van der Waals surface area contributed by atoms with E-state index in [-0.39, 0.29) is 30.0 Å². The maximum atomic E-state index is 13.3. The molecule has 0 aliphatic heterocycles. The average Bonchev–Trinajstić information content (AvgIpc) is 2.78. The summed E-state index contributed by atoms with van der Waals surface area (Å²) in [4.78, 5) is 11.9. The molecule has 1 aromatic carbocycles. The van der Waals surface area contributed by atoms with Gasteiger partial charge in [-0.1, -0.05) is 19.9 Å². The molecule has 1 heterocycles. The van der Waals surface area contributed by atoms with Gasteiger partial charge in [-0.15, -0.1) is 17.5 Å². The van der Waals surface area contributed by atoms with E-state index in [1.807, 2.05) is 20.8 Å². The Balaban J connectivity index is 0.00000242. The van der Waals surface area contributed by atoms with Crippen molar-refractivity contribution in [2.24, 2.45) is 11.7 Å². The summed E-state index contributed by atoms with van der Waals surface area (Å²) in [7, 11) is 0. The van der Waals surface area contributed by atoms with Gasteiger partial charge in [0.25, 0.3) is 0 Å². The first-order valence-electron chi connectivity index (χ1n) is 6.77. The fraction of sp³-hybridized carbons (Fsp3) is 0.333. The van der Waals surface area contributed by atoms with Gasteiger partial charge in [0.15, 0.2) is 5.82 Å². The van der Waals surface area contributed by atoms with Crippen molar-refractivity contribution in [2.45, 2.75) is 26.8 Å². The van der Waals surface area contributed by atoms with Crippen molar-refractivity contribution in [3.63, 3.8) is 0 Å². The minimum Gasteiger partial charge on any atom is -0.320 e. The zero-order valence-corrected chi connectivity index (χ0v) is 13.5. The van der Waals surface area contributed by atoms with Crippen molar-refractivity contribution in [3.05, 3.63) is 41.8 Å². The maximum Gasteiger partial charge on any atom is 0.242 e. The molecule has 3 N–H and O–H groups in total. The summed E-state index contributed by atoms with van der Waals surface area (Å²) in [6.07, 6.45) is 0. The van der Waals surface area contributed by atoms with Crippen LogP contribution < -0.4 is 11.1 Å². The Hall–Kier alpha value is -1.92. The lowest BCUT2D eigenvalue weighted by Gasteiger charge is -2.13. The molecule has 120 valence electrons. The molecular formula is C15H20ClFN4O. The van der Waals surface area contributed by atoms with Crippen LogP contribution in [0, 0.1) is 18.7 Å². The SMILES string of the molecule is Cc1cc(NC(=O)[C@@H](N)C(C)C)nn1-c1cccc(F)c1.Cl. The Labute approximate surface area is 135 Å². The summed E-state index contributed by atoms with van der Waals surface area (Å²) < 4.78 is 14.8. The number of anilines is 1. The molecule has 2 rings (SSSR count). The smallest absolute Gasteiger partial charge is 0.242 e. The van der Waals surface area contributed by atoms with Gasteiger partial charge in [-0.3, -0.25) is 4.79 Å². The van der Waals surface area contributed by atoms with Crippen molar-refractivity contribution in [1.29, 1.82) is 0 Å². The third-order valence-corrected chi connectivity index (χ3v) is 3.21. The lowest BCUT2D eigenvalue weighted by atomic mass is 10.1. The number of amides is 1. The molecule has 0 bridgehead atoms. The predicted octanol–water partition coefficient (Wildman–Crippen LogP) is 2.66. The van der Waals surface area contributed by atoms with Crippen LogP contribution in [0.5, 0.6) is 0 Å². The Bertz CT molecular complexity index is 657. The van der Waals surface area contributed by atoms with Gasteiger partial charge in [0.2, 0.25) is 5.91 Å². The molecule has 22 heavy (non-hydrogen) atoms. The fourth-order valence-corrected chi connectivity index (χ4v) is 1.92. The third kappa shape index (κ3) is 4.05. The normalized spacial score (nSPS) is 11.9. The quantitative estimate of drug-likeness (QED) is 0.907. The number of nitrogens with one attached hydrogen (secondary N) is 1. The minimum absolute atomic E-state index is 0. The Morgan fingerprint density at radius 3 is 2.64 bits per heavy atom. The molecule has 0 spiro atoms. The molecule has 0 saturated heterocycles. The number of hydrogen-bond donors (Lipinski definition) is 2. The largest absolute Gasteiger partial charge is 0.320 e. The molecule has 0 saturated carbocycles. The zero-order valence-electron chi connectivity index (χ0n) is 12.7. The van der Waals surface area contributed by atoms with Gasteiger partial charge in [0, 0.05) is 11.8 Å². The van der Waals surface area contributed by atoms with Crippen LogP contribution in [-0.2, 0) is 4.79 Å². The molecule has 2 aromatic rings. The molecule has 0 fully saturated rings. The number of aryl methyl sites for hydroxylation is 1. The van der Waals surface area contributed by atoms with Gasteiger partial charge in [0.05, 0.1) is 11.7 Å². The van der Waals surface area contributed by atoms with E-state index in [0.29, 0.717) is 11.5 Å². The molecule has 0 radical (unpaired) electrons. The van der Waals surface area contributed by atoms with Crippen molar-refractivity contribution in [3.8, 4) is 5.69 Å². The molecule has 1 aromatic heterocycles. The Kier molecular flexibility index (Phi) is 6.08. The van der Waals surface area contributed by atoms with E-state index in [2.05, 4.69) is 10.4 Å². The minimum atomic E-state index is -0.593. The Morgan fingerprint density at radius 2 is 2.05 bits per heavy atom. The lowest BCUT2D eigenvalue weighted by Crippen LogP contribution is -2.39. The summed E-state index contributed by atoms with van der Waals surface area (Å²) in [5.74, 6) is -0.182. The van der Waals surface area contributed by atoms with E-state index >= 15 is 0 Å². The van der Waals surface area contributed by atoms with Crippen molar-refractivity contribution in [2.75, 3.05) is 5.32 Å². The van der Waals surface area contributed by atoms with Crippen LogP contribution in [0.2, 0.25) is 0 Å².